The fourth-order valence-corrected chi connectivity index (χ4v) is 1.82. The Hall–Kier alpha value is -2.15. The first-order valence-corrected chi connectivity index (χ1v) is 5.90. The Morgan fingerprint density at radius 3 is 2.60 bits per heavy atom. The molecule has 0 amide bonds. The summed E-state index contributed by atoms with van der Waals surface area (Å²) in [4.78, 5) is 0. The van der Waals surface area contributed by atoms with E-state index in [9.17, 15) is 8.78 Å². The molecular formula is C13H14F2N2O3. The fraction of sp³-hybridized carbons (Fsp3) is 0.308. The van der Waals surface area contributed by atoms with E-state index in [-0.39, 0.29) is 11.6 Å². The van der Waals surface area contributed by atoms with E-state index in [0.29, 0.717) is 24.4 Å². The summed E-state index contributed by atoms with van der Waals surface area (Å²) in [7, 11) is 1.58. The van der Waals surface area contributed by atoms with Crippen LogP contribution in [0, 0.1) is 0 Å². The minimum Gasteiger partial charge on any atom is -0.435 e. The molecule has 0 spiro atoms. The van der Waals surface area contributed by atoms with Crippen LogP contribution in [0.15, 0.2) is 28.8 Å². The van der Waals surface area contributed by atoms with Gasteiger partial charge >= 0.3 is 6.61 Å². The highest BCUT2D eigenvalue weighted by atomic mass is 19.3. The molecule has 5 nitrogen and oxygen atoms in total. The van der Waals surface area contributed by atoms with Gasteiger partial charge in [-0.1, -0.05) is 17.3 Å². The highest BCUT2D eigenvalue weighted by molar-refractivity contribution is 5.75. The lowest BCUT2D eigenvalue weighted by atomic mass is 10.0. The summed E-state index contributed by atoms with van der Waals surface area (Å²) < 4.78 is 38.6. The van der Waals surface area contributed by atoms with Crippen molar-refractivity contribution in [2.45, 2.75) is 13.0 Å². The summed E-state index contributed by atoms with van der Waals surface area (Å²) in [6.45, 7) is -2.38. The number of anilines is 1. The van der Waals surface area contributed by atoms with Gasteiger partial charge in [-0.15, -0.1) is 0 Å². The number of ether oxygens (including phenoxy) is 2. The van der Waals surface area contributed by atoms with Crippen molar-refractivity contribution in [2.24, 2.45) is 0 Å². The van der Waals surface area contributed by atoms with Crippen molar-refractivity contribution in [2.75, 3.05) is 19.5 Å². The maximum atomic E-state index is 12.1. The molecule has 0 aliphatic heterocycles. The van der Waals surface area contributed by atoms with E-state index < -0.39 is 6.61 Å². The Balaban J connectivity index is 2.24. The molecule has 2 N–H and O–H groups in total. The van der Waals surface area contributed by atoms with Crippen molar-refractivity contribution in [1.29, 1.82) is 0 Å². The topological polar surface area (TPSA) is 70.5 Å². The molecule has 0 radical (unpaired) electrons. The van der Waals surface area contributed by atoms with Crippen LogP contribution < -0.4 is 10.5 Å². The molecule has 7 heteroatoms. The average molecular weight is 284 g/mol. The number of methoxy groups -OCH3 is 1. The zero-order chi connectivity index (χ0) is 14.5. The Morgan fingerprint density at radius 2 is 2.00 bits per heavy atom. The minimum absolute atomic E-state index is 0.0808. The summed E-state index contributed by atoms with van der Waals surface area (Å²) in [6.07, 6.45) is 0.519. The third kappa shape index (κ3) is 3.24. The van der Waals surface area contributed by atoms with Crippen LogP contribution in [0.25, 0.3) is 11.1 Å². The van der Waals surface area contributed by atoms with Crippen LogP contribution >= 0.6 is 0 Å². The van der Waals surface area contributed by atoms with Gasteiger partial charge < -0.3 is 19.7 Å². The van der Waals surface area contributed by atoms with Gasteiger partial charge in [-0.3, -0.25) is 0 Å². The van der Waals surface area contributed by atoms with Gasteiger partial charge in [0.25, 0.3) is 0 Å². The number of nitrogen functional groups attached to an aromatic ring is 1. The molecule has 0 bridgehead atoms. The van der Waals surface area contributed by atoms with Gasteiger partial charge in [-0.2, -0.15) is 8.78 Å². The summed E-state index contributed by atoms with van der Waals surface area (Å²) >= 11 is 0. The highest BCUT2D eigenvalue weighted by Gasteiger charge is 2.16. The third-order valence-corrected chi connectivity index (χ3v) is 2.69. The van der Waals surface area contributed by atoms with Crippen molar-refractivity contribution >= 4 is 5.82 Å². The second-order valence-electron chi connectivity index (χ2n) is 4.01. The van der Waals surface area contributed by atoms with Crippen LogP contribution in [0.2, 0.25) is 0 Å². The Bertz CT molecular complexity index is 555. The number of rotatable bonds is 6. The van der Waals surface area contributed by atoms with Gasteiger partial charge in [0, 0.05) is 13.5 Å². The van der Waals surface area contributed by atoms with E-state index in [1.165, 1.54) is 12.1 Å². The molecule has 1 aromatic carbocycles. The Morgan fingerprint density at radius 1 is 1.30 bits per heavy atom. The average Bonchev–Trinajstić information content (AvgIpc) is 2.78. The maximum absolute atomic E-state index is 12.1. The molecule has 0 saturated heterocycles. The van der Waals surface area contributed by atoms with E-state index >= 15 is 0 Å². The lowest BCUT2D eigenvalue weighted by Crippen LogP contribution is -2.01. The van der Waals surface area contributed by atoms with Crippen LogP contribution in [0.4, 0.5) is 14.6 Å². The number of nitrogens with zero attached hydrogens (tertiary/aromatic N) is 1. The standard InChI is InChI=1S/C13H14F2N2O3/c1-18-7-6-10-11(12(16)17-20-10)8-2-4-9(5-3-8)19-13(14)15/h2-5,13H,6-7H2,1H3,(H2,16,17). The minimum atomic E-state index is -2.85. The summed E-state index contributed by atoms with van der Waals surface area (Å²) in [6, 6.07) is 6.12. The van der Waals surface area contributed by atoms with E-state index in [1.807, 2.05) is 0 Å². The zero-order valence-corrected chi connectivity index (χ0v) is 10.8. The number of halogens is 2. The van der Waals surface area contributed by atoms with Gasteiger partial charge in [-0.05, 0) is 17.7 Å². The van der Waals surface area contributed by atoms with Gasteiger partial charge in [0.05, 0.1) is 12.2 Å². The molecule has 0 aliphatic rings. The number of alkyl halides is 2. The normalized spacial score (nSPS) is 11.0. The molecular weight excluding hydrogens is 270 g/mol. The van der Waals surface area contributed by atoms with Gasteiger partial charge in [0.15, 0.2) is 5.82 Å². The van der Waals surface area contributed by atoms with Crippen molar-refractivity contribution in [3.63, 3.8) is 0 Å². The molecule has 0 saturated carbocycles. The predicted octanol–water partition coefficient (Wildman–Crippen LogP) is 2.71. The van der Waals surface area contributed by atoms with Crippen LogP contribution in [-0.4, -0.2) is 25.5 Å². The quantitative estimate of drug-likeness (QED) is 0.883. The van der Waals surface area contributed by atoms with Gasteiger partial charge in [0.1, 0.15) is 11.5 Å². The van der Waals surface area contributed by atoms with Crippen molar-refractivity contribution < 1.29 is 22.8 Å². The van der Waals surface area contributed by atoms with Crippen LogP contribution in [0.5, 0.6) is 5.75 Å². The molecule has 2 rings (SSSR count). The first-order valence-electron chi connectivity index (χ1n) is 5.90. The monoisotopic (exact) mass is 284 g/mol. The highest BCUT2D eigenvalue weighted by Crippen LogP contribution is 2.31. The number of hydrogen-bond donors (Lipinski definition) is 1. The largest absolute Gasteiger partial charge is 0.435 e. The first-order chi connectivity index (χ1) is 9.61. The van der Waals surface area contributed by atoms with Crippen LogP contribution in [-0.2, 0) is 11.2 Å². The summed E-state index contributed by atoms with van der Waals surface area (Å²) in [5, 5.41) is 3.71. The molecule has 0 aliphatic carbocycles. The maximum Gasteiger partial charge on any atom is 0.387 e. The van der Waals surface area contributed by atoms with E-state index in [0.717, 1.165) is 5.56 Å². The lowest BCUT2D eigenvalue weighted by Gasteiger charge is -2.06. The smallest absolute Gasteiger partial charge is 0.387 e. The van der Waals surface area contributed by atoms with Crippen molar-refractivity contribution in [1.82, 2.24) is 5.16 Å². The molecule has 1 heterocycles. The molecule has 2 aromatic rings. The zero-order valence-electron chi connectivity index (χ0n) is 10.8. The lowest BCUT2D eigenvalue weighted by molar-refractivity contribution is -0.0498. The van der Waals surface area contributed by atoms with Crippen LogP contribution in [0.3, 0.4) is 0 Å². The Labute approximate surface area is 114 Å². The van der Waals surface area contributed by atoms with Gasteiger partial charge in [0.2, 0.25) is 0 Å². The second kappa shape index (κ2) is 6.33. The van der Waals surface area contributed by atoms with Crippen molar-refractivity contribution in [3.8, 4) is 16.9 Å². The Kier molecular flexibility index (Phi) is 4.52. The molecule has 0 atom stereocenters. The number of benzene rings is 1. The summed E-state index contributed by atoms with van der Waals surface area (Å²) in [5.41, 5.74) is 7.13. The van der Waals surface area contributed by atoms with Gasteiger partial charge in [-0.25, -0.2) is 0 Å². The van der Waals surface area contributed by atoms with Crippen molar-refractivity contribution in [3.05, 3.63) is 30.0 Å². The SMILES string of the molecule is COCCc1onc(N)c1-c1ccc(OC(F)F)cc1. The number of aromatic nitrogens is 1. The molecule has 0 fully saturated rings. The molecule has 1 aromatic heterocycles. The second-order valence-corrected chi connectivity index (χ2v) is 4.01. The fourth-order valence-electron chi connectivity index (χ4n) is 1.82. The van der Waals surface area contributed by atoms with Crippen LogP contribution in [0.1, 0.15) is 5.76 Å². The summed E-state index contributed by atoms with van der Waals surface area (Å²) in [5.74, 6) is 0.919. The van der Waals surface area contributed by atoms with E-state index in [1.54, 1.807) is 19.2 Å². The van der Waals surface area contributed by atoms with E-state index in [4.69, 9.17) is 15.0 Å². The first kappa shape index (κ1) is 14.3. The number of nitrogens with two attached hydrogens (primary N) is 1. The third-order valence-electron chi connectivity index (χ3n) is 2.69. The molecule has 0 unspecified atom stereocenters. The predicted molar refractivity (Wildman–Crippen MR) is 68.6 cm³/mol. The van der Waals surface area contributed by atoms with E-state index in [2.05, 4.69) is 9.89 Å². The molecule has 20 heavy (non-hydrogen) atoms. The number of hydrogen-bond acceptors (Lipinski definition) is 5. The molecule has 108 valence electrons.